The Morgan fingerprint density at radius 1 is 1.44 bits per heavy atom. The van der Waals surface area contributed by atoms with E-state index in [9.17, 15) is 9.59 Å². The van der Waals surface area contributed by atoms with E-state index in [1.807, 2.05) is 24.3 Å². The maximum absolute atomic E-state index is 12.4. The second-order valence-electron chi connectivity index (χ2n) is 6.84. The maximum Gasteiger partial charge on any atom is 0.254 e. The van der Waals surface area contributed by atoms with E-state index in [-0.39, 0.29) is 18.2 Å². The smallest absolute Gasteiger partial charge is 0.254 e. The molecule has 1 fully saturated rings. The molecule has 1 aliphatic heterocycles. The van der Waals surface area contributed by atoms with Crippen LogP contribution in [-0.2, 0) is 17.8 Å². The zero-order valence-electron chi connectivity index (χ0n) is 14.2. The lowest BCUT2D eigenvalue weighted by atomic mass is 10.0. The van der Waals surface area contributed by atoms with Crippen molar-refractivity contribution in [1.29, 1.82) is 0 Å². The van der Waals surface area contributed by atoms with Gasteiger partial charge in [0.05, 0.1) is 6.42 Å². The molecule has 1 aromatic heterocycles. The van der Waals surface area contributed by atoms with Gasteiger partial charge in [-0.25, -0.2) is 0 Å². The maximum atomic E-state index is 12.4. The van der Waals surface area contributed by atoms with E-state index in [4.69, 9.17) is 0 Å². The number of anilines is 1. The van der Waals surface area contributed by atoms with Crippen LogP contribution >= 0.6 is 0 Å². The Morgan fingerprint density at radius 3 is 3.12 bits per heavy atom. The quantitative estimate of drug-likeness (QED) is 0.900. The van der Waals surface area contributed by atoms with Crippen LogP contribution in [0.1, 0.15) is 52.4 Å². The van der Waals surface area contributed by atoms with Gasteiger partial charge in [0.25, 0.3) is 5.91 Å². The molecule has 2 heterocycles. The number of carbonyl (C=O) groups is 2. The summed E-state index contributed by atoms with van der Waals surface area (Å²) >= 11 is 0. The highest BCUT2D eigenvalue weighted by Crippen LogP contribution is 2.33. The number of nitrogens with one attached hydrogen (secondary N) is 2. The first kappa shape index (κ1) is 15.9. The van der Waals surface area contributed by atoms with Crippen molar-refractivity contribution in [2.45, 2.75) is 38.1 Å². The van der Waals surface area contributed by atoms with Crippen molar-refractivity contribution in [2.24, 2.45) is 0 Å². The van der Waals surface area contributed by atoms with E-state index in [1.54, 1.807) is 11.9 Å². The molecule has 2 aromatic rings. The Kier molecular flexibility index (Phi) is 4.03. The Bertz CT molecular complexity index is 821. The van der Waals surface area contributed by atoms with Crippen LogP contribution in [0.25, 0.3) is 0 Å². The summed E-state index contributed by atoms with van der Waals surface area (Å²) in [5.41, 5.74) is 3.63. The summed E-state index contributed by atoms with van der Waals surface area (Å²) in [4.78, 5) is 26.1. The van der Waals surface area contributed by atoms with Crippen molar-refractivity contribution in [3.8, 4) is 0 Å². The summed E-state index contributed by atoms with van der Waals surface area (Å²) in [6.07, 6.45) is 5.86. The van der Waals surface area contributed by atoms with Crippen molar-refractivity contribution in [2.75, 3.05) is 12.4 Å². The molecule has 0 saturated heterocycles. The molecular formula is C19H21N4O2. The van der Waals surface area contributed by atoms with Gasteiger partial charge < -0.3 is 10.2 Å². The molecule has 0 bridgehead atoms. The highest BCUT2D eigenvalue weighted by atomic mass is 16.2. The summed E-state index contributed by atoms with van der Waals surface area (Å²) in [7, 11) is 1.78. The molecule has 6 heteroatoms. The molecule has 0 spiro atoms. The summed E-state index contributed by atoms with van der Waals surface area (Å²) in [5.74, 6) is 0.943. The van der Waals surface area contributed by atoms with Gasteiger partial charge in [-0.05, 0) is 42.9 Å². The van der Waals surface area contributed by atoms with Gasteiger partial charge in [0.15, 0.2) is 5.82 Å². The number of hydrogen-bond acceptors (Lipinski definition) is 3. The number of hydrogen-bond donors (Lipinski definition) is 2. The highest BCUT2D eigenvalue weighted by Gasteiger charge is 2.27. The second-order valence-corrected chi connectivity index (χ2v) is 6.84. The van der Waals surface area contributed by atoms with E-state index in [1.165, 1.54) is 0 Å². The van der Waals surface area contributed by atoms with Crippen LogP contribution in [0.3, 0.4) is 0 Å². The SMILES string of the molecule is CN1Cc2c(CC(=O)Nc3cc([C@H]4C[CH]CC4)[nH]n3)cccc2C1=O. The van der Waals surface area contributed by atoms with Crippen LogP contribution in [0.15, 0.2) is 24.3 Å². The monoisotopic (exact) mass is 337 g/mol. The molecular weight excluding hydrogens is 316 g/mol. The summed E-state index contributed by atoms with van der Waals surface area (Å²) in [5, 5.41) is 10.1. The molecule has 1 atom stereocenters. The average molecular weight is 337 g/mol. The Morgan fingerprint density at radius 2 is 2.32 bits per heavy atom. The van der Waals surface area contributed by atoms with Gasteiger partial charge in [0.2, 0.25) is 5.91 Å². The third-order valence-corrected chi connectivity index (χ3v) is 5.07. The van der Waals surface area contributed by atoms with Gasteiger partial charge in [0.1, 0.15) is 0 Å². The van der Waals surface area contributed by atoms with Crippen molar-refractivity contribution in [3.05, 3.63) is 53.1 Å². The molecule has 2 N–H and O–H groups in total. The summed E-state index contributed by atoms with van der Waals surface area (Å²) in [6.45, 7) is 0.558. The first-order valence-electron chi connectivity index (χ1n) is 8.65. The van der Waals surface area contributed by atoms with E-state index in [0.29, 0.717) is 23.8 Å². The molecule has 25 heavy (non-hydrogen) atoms. The van der Waals surface area contributed by atoms with Crippen molar-refractivity contribution in [3.63, 3.8) is 0 Å². The van der Waals surface area contributed by atoms with Crippen molar-refractivity contribution in [1.82, 2.24) is 15.1 Å². The third kappa shape index (κ3) is 3.04. The van der Waals surface area contributed by atoms with Crippen molar-refractivity contribution >= 4 is 17.6 Å². The van der Waals surface area contributed by atoms with Gasteiger partial charge >= 0.3 is 0 Å². The van der Waals surface area contributed by atoms with Crippen LogP contribution in [0.5, 0.6) is 0 Å². The van der Waals surface area contributed by atoms with Crippen LogP contribution in [0.4, 0.5) is 5.82 Å². The van der Waals surface area contributed by atoms with E-state index < -0.39 is 0 Å². The van der Waals surface area contributed by atoms with Gasteiger partial charge in [-0.15, -0.1) is 0 Å². The molecule has 1 aromatic carbocycles. The summed E-state index contributed by atoms with van der Waals surface area (Å²) < 4.78 is 0. The second kappa shape index (κ2) is 6.35. The number of aromatic nitrogens is 2. The summed E-state index contributed by atoms with van der Waals surface area (Å²) in [6, 6.07) is 7.49. The van der Waals surface area contributed by atoms with Crippen molar-refractivity contribution < 1.29 is 9.59 Å². The molecule has 2 amide bonds. The number of aromatic amines is 1. The Balaban J connectivity index is 1.44. The molecule has 4 rings (SSSR count). The fourth-order valence-electron chi connectivity index (χ4n) is 3.71. The first-order chi connectivity index (χ1) is 12.1. The lowest BCUT2D eigenvalue weighted by Crippen LogP contribution is -2.17. The van der Waals surface area contributed by atoms with Crippen LogP contribution < -0.4 is 5.32 Å². The number of amides is 2. The first-order valence-corrected chi connectivity index (χ1v) is 8.65. The molecule has 129 valence electrons. The van der Waals surface area contributed by atoms with Crippen LogP contribution in [0.2, 0.25) is 0 Å². The lowest BCUT2D eigenvalue weighted by molar-refractivity contribution is -0.115. The molecule has 1 saturated carbocycles. The zero-order valence-corrected chi connectivity index (χ0v) is 14.2. The van der Waals surface area contributed by atoms with Gasteiger partial charge in [-0.3, -0.25) is 14.7 Å². The lowest BCUT2D eigenvalue weighted by Gasteiger charge is -2.08. The predicted octanol–water partition coefficient (Wildman–Crippen LogP) is 2.65. The number of rotatable bonds is 4. The van der Waals surface area contributed by atoms with Crippen LogP contribution in [0, 0.1) is 6.42 Å². The fourth-order valence-corrected chi connectivity index (χ4v) is 3.71. The minimum absolute atomic E-state index is 0.0163. The molecule has 1 radical (unpaired) electrons. The predicted molar refractivity (Wildman–Crippen MR) is 94.1 cm³/mol. The Labute approximate surface area is 146 Å². The molecule has 6 nitrogen and oxygen atoms in total. The Hall–Kier alpha value is -2.63. The number of carbonyl (C=O) groups excluding carboxylic acids is 2. The third-order valence-electron chi connectivity index (χ3n) is 5.07. The zero-order chi connectivity index (χ0) is 17.4. The van der Waals surface area contributed by atoms with Gasteiger partial charge in [0, 0.05) is 36.8 Å². The number of fused-ring (bicyclic) bond motifs is 1. The largest absolute Gasteiger partial charge is 0.337 e. The number of H-pyrrole nitrogens is 1. The van der Waals surface area contributed by atoms with E-state index >= 15 is 0 Å². The number of benzene rings is 1. The van der Waals surface area contributed by atoms with E-state index in [2.05, 4.69) is 21.9 Å². The molecule has 1 aliphatic carbocycles. The fraction of sp³-hybridized carbons (Fsp3) is 0.368. The molecule has 2 aliphatic rings. The van der Waals surface area contributed by atoms with Crippen LogP contribution in [-0.4, -0.2) is 34.0 Å². The average Bonchev–Trinajstić information content (AvgIpc) is 3.31. The van der Waals surface area contributed by atoms with E-state index in [0.717, 1.165) is 36.1 Å². The topological polar surface area (TPSA) is 78.1 Å². The van der Waals surface area contributed by atoms with Gasteiger partial charge in [-0.1, -0.05) is 12.1 Å². The van der Waals surface area contributed by atoms with Gasteiger partial charge in [-0.2, -0.15) is 5.10 Å². The minimum atomic E-state index is -0.119. The number of nitrogens with zero attached hydrogens (tertiary/aromatic N) is 2. The standard InChI is InChI=1S/C19H21N4O2/c1-23-11-15-13(7-4-8-14(15)19(23)25)9-18(24)20-17-10-16(21-22-17)12-5-2-3-6-12/h2,4,7-8,10,12H,3,5-6,9,11H2,1H3,(H2,20,21,22,24)/t12-/m0/s1. The normalized spacial score (nSPS) is 17.2. The minimum Gasteiger partial charge on any atom is -0.337 e. The highest BCUT2D eigenvalue weighted by molar-refractivity contribution is 5.99. The molecule has 0 unspecified atom stereocenters.